The van der Waals surface area contributed by atoms with Crippen LogP contribution in [0.3, 0.4) is 0 Å². The third-order valence-electron chi connectivity index (χ3n) is 4.70. The molecule has 0 N–H and O–H groups in total. The lowest BCUT2D eigenvalue weighted by Gasteiger charge is -2.33. The number of thioether (sulfide) groups is 1. The zero-order valence-electron chi connectivity index (χ0n) is 14.0. The highest BCUT2D eigenvalue weighted by Crippen LogP contribution is 2.31. The molecule has 0 saturated carbocycles. The van der Waals surface area contributed by atoms with Crippen molar-refractivity contribution < 1.29 is 0 Å². The second-order valence-electron chi connectivity index (χ2n) is 6.45. The van der Waals surface area contributed by atoms with E-state index in [9.17, 15) is 0 Å². The molecule has 4 rings (SSSR count). The molecule has 2 fully saturated rings. The van der Waals surface area contributed by atoms with Crippen LogP contribution in [-0.4, -0.2) is 52.6 Å². The number of aryl methyl sites for hydroxylation is 1. The predicted octanol–water partition coefficient (Wildman–Crippen LogP) is 3.18. The van der Waals surface area contributed by atoms with E-state index in [1.807, 2.05) is 11.8 Å². The van der Waals surface area contributed by atoms with Crippen molar-refractivity contribution in [1.29, 1.82) is 0 Å². The van der Waals surface area contributed by atoms with Crippen molar-refractivity contribution in [3.63, 3.8) is 0 Å². The third-order valence-corrected chi connectivity index (χ3v) is 6.77. The zero-order chi connectivity index (χ0) is 16.4. The van der Waals surface area contributed by atoms with Crippen LogP contribution in [0.15, 0.2) is 17.8 Å². The summed E-state index contributed by atoms with van der Waals surface area (Å²) in [5.74, 6) is 5.05. The molecule has 0 aliphatic carbocycles. The molecule has 1 unspecified atom stereocenters. The lowest BCUT2D eigenvalue weighted by molar-refractivity contribution is 0.505. The number of aromatic nitrogens is 3. The number of hydrogen-bond donors (Lipinski definition) is 0. The van der Waals surface area contributed by atoms with E-state index in [-0.39, 0.29) is 0 Å². The number of thiazole rings is 1. The summed E-state index contributed by atoms with van der Waals surface area (Å²) in [5.41, 5.74) is 1.14. The second kappa shape index (κ2) is 7.27. The van der Waals surface area contributed by atoms with E-state index in [0.29, 0.717) is 5.92 Å². The lowest BCUT2D eigenvalue weighted by Crippen LogP contribution is -2.36. The molecule has 0 spiro atoms. The van der Waals surface area contributed by atoms with Crippen molar-refractivity contribution in [2.45, 2.75) is 25.7 Å². The summed E-state index contributed by atoms with van der Waals surface area (Å²) in [4.78, 5) is 18.6. The smallest absolute Gasteiger partial charge is 0.134 e. The molecule has 5 nitrogen and oxygen atoms in total. The lowest BCUT2D eigenvalue weighted by atomic mass is 9.99. The Morgan fingerprint density at radius 3 is 2.62 bits per heavy atom. The van der Waals surface area contributed by atoms with Gasteiger partial charge >= 0.3 is 0 Å². The van der Waals surface area contributed by atoms with Crippen molar-refractivity contribution >= 4 is 34.7 Å². The molecule has 2 aliphatic rings. The predicted molar refractivity (Wildman–Crippen MR) is 103 cm³/mol. The van der Waals surface area contributed by atoms with E-state index in [2.05, 4.69) is 38.1 Å². The van der Waals surface area contributed by atoms with Gasteiger partial charge in [-0.15, -0.1) is 11.3 Å². The molecule has 24 heavy (non-hydrogen) atoms. The molecule has 7 heteroatoms. The first kappa shape index (κ1) is 16.1. The molecule has 2 aromatic rings. The van der Waals surface area contributed by atoms with Crippen LogP contribution in [0, 0.1) is 6.92 Å². The highest BCUT2D eigenvalue weighted by molar-refractivity contribution is 7.99. The zero-order valence-corrected chi connectivity index (χ0v) is 15.7. The largest absolute Gasteiger partial charge is 0.356 e. The van der Waals surface area contributed by atoms with E-state index in [1.54, 1.807) is 17.7 Å². The van der Waals surface area contributed by atoms with E-state index < -0.39 is 0 Å². The SMILES string of the molecule is Cc1csc(C2CCCN(c3cc(N4CCSCC4)ncn3)C2)n1. The number of rotatable bonds is 3. The molecule has 2 saturated heterocycles. The van der Waals surface area contributed by atoms with Crippen molar-refractivity contribution in [3.05, 3.63) is 28.5 Å². The van der Waals surface area contributed by atoms with E-state index in [0.717, 1.165) is 43.5 Å². The fourth-order valence-corrected chi connectivity index (χ4v) is 5.25. The number of piperidine rings is 1. The quantitative estimate of drug-likeness (QED) is 0.837. The van der Waals surface area contributed by atoms with Crippen LogP contribution in [0.2, 0.25) is 0 Å². The molecule has 0 amide bonds. The van der Waals surface area contributed by atoms with Gasteiger partial charge < -0.3 is 9.80 Å². The standard InChI is InChI=1S/C17H23N5S2/c1-13-11-24-17(20-13)14-3-2-4-22(10-14)16-9-15(18-12-19-16)21-5-7-23-8-6-21/h9,11-12,14H,2-8,10H2,1H3. The highest BCUT2D eigenvalue weighted by Gasteiger charge is 2.25. The van der Waals surface area contributed by atoms with Gasteiger partial charge in [-0.25, -0.2) is 15.0 Å². The monoisotopic (exact) mass is 361 g/mol. The summed E-state index contributed by atoms with van der Waals surface area (Å²) < 4.78 is 0. The Labute approximate surface area is 151 Å². The number of hydrogen-bond acceptors (Lipinski definition) is 7. The number of nitrogens with zero attached hydrogens (tertiary/aromatic N) is 5. The molecule has 0 bridgehead atoms. The van der Waals surface area contributed by atoms with E-state index in [1.165, 1.54) is 29.4 Å². The fraction of sp³-hybridized carbons (Fsp3) is 0.588. The van der Waals surface area contributed by atoms with Crippen LogP contribution in [0.4, 0.5) is 11.6 Å². The molecule has 2 aliphatic heterocycles. The summed E-state index contributed by atoms with van der Waals surface area (Å²) in [6, 6.07) is 2.17. The minimum absolute atomic E-state index is 0.530. The van der Waals surface area contributed by atoms with Crippen LogP contribution in [-0.2, 0) is 0 Å². The maximum absolute atomic E-state index is 4.70. The molecular weight excluding hydrogens is 338 g/mol. The Bertz CT molecular complexity index is 683. The van der Waals surface area contributed by atoms with Crippen molar-refractivity contribution in [2.75, 3.05) is 47.5 Å². The molecule has 128 valence electrons. The normalized spacial score (nSPS) is 22.0. The van der Waals surface area contributed by atoms with Gasteiger partial charge in [-0.1, -0.05) is 0 Å². The highest BCUT2D eigenvalue weighted by atomic mass is 32.2. The molecular formula is C17H23N5S2. The molecule has 2 aromatic heterocycles. The average Bonchev–Trinajstić information content (AvgIpc) is 3.09. The van der Waals surface area contributed by atoms with Gasteiger partial charge in [0.15, 0.2) is 0 Å². The van der Waals surface area contributed by atoms with Gasteiger partial charge in [-0.05, 0) is 19.8 Å². The number of anilines is 2. The maximum Gasteiger partial charge on any atom is 0.134 e. The van der Waals surface area contributed by atoms with Gasteiger partial charge in [0.1, 0.15) is 18.0 Å². The van der Waals surface area contributed by atoms with Crippen molar-refractivity contribution in [1.82, 2.24) is 15.0 Å². The third kappa shape index (κ3) is 3.52. The minimum atomic E-state index is 0.530. The average molecular weight is 362 g/mol. The fourth-order valence-electron chi connectivity index (χ4n) is 3.42. The van der Waals surface area contributed by atoms with Crippen LogP contribution in [0.25, 0.3) is 0 Å². The van der Waals surface area contributed by atoms with Crippen LogP contribution < -0.4 is 9.80 Å². The molecule has 1 atom stereocenters. The topological polar surface area (TPSA) is 45.2 Å². The van der Waals surface area contributed by atoms with Gasteiger partial charge in [0, 0.05) is 60.7 Å². The second-order valence-corrected chi connectivity index (χ2v) is 8.56. The Morgan fingerprint density at radius 1 is 1.08 bits per heavy atom. The maximum atomic E-state index is 4.70. The Balaban J connectivity index is 1.50. The minimum Gasteiger partial charge on any atom is -0.356 e. The van der Waals surface area contributed by atoms with Crippen molar-refractivity contribution in [2.24, 2.45) is 0 Å². The summed E-state index contributed by atoms with van der Waals surface area (Å²) >= 11 is 3.82. The van der Waals surface area contributed by atoms with E-state index in [4.69, 9.17) is 4.98 Å². The summed E-state index contributed by atoms with van der Waals surface area (Å²) in [5, 5.41) is 3.44. The van der Waals surface area contributed by atoms with Gasteiger partial charge in [-0.3, -0.25) is 0 Å². The summed E-state index contributed by atoms with van der Waals surface area (Å²) in [7, 11) is 0. The van der Waals surface area contributed by atoms with Gasteiger partial charge in [0.25, 0.3) is 0 Å². The van der Waals surface area contributed by atoms with Crippen LogP contribution in [0.5, 0.6) is 0 Å². The van der Waals surface area contributed by atoms with Gasteiger partial charge in [0.05, 0.1) is 5.01 Å². The first-order valence-electron chi connectivity index (χ1n) is 8.61. The molecule has 0 aromatic carbocycles. The molecule has 4 heterocycles. The summed E-state index contributed by atoms with van der Waals surface area (Å²) in [6.07, 6.45) is 4.15. The Hall–Kier alpha value is -1.34. The van der Waals surface area contributed by atoms with Gasteiger partial charge in [-0.2, -0.15) is 11.8 Å². The van der Waals surface area contributed by atoms with E-state index >= 15 is 0 Å². The Kier molecular flexibility index (Phi) is 4.89. The Morgan fingerprint density at radius 2 is 1.88 bits per heavy atom. The van der Waals surface area contributed by atoms with Gasteiger partial charge in [0.2, 0.25) is 0 Å². The first-order chi connectivity index (χ1) is 11.8. The van der Waals surface area contributed by atoms with Crippen LogP contribution in [0.1, 0.15) is 29.5 Å². The molecule has 0 radical (unpaired) electrons. The summed E-state index contributed by atoms with van der Waals surface area (Å²) in [6.45, 7) is 6.34. The van der Waals surface area contributed by atoms with Crippen molar-refractivity contribution in [3.8, 4) is 0 Å². The first-order valence-corrected chi connectivity index (χ1v) is 10.6. The van der Waals surface area contributed by atoms with Crippen LogP contribution >= 0.6 is 23.1 Å².